The maximum absolute atomic E-state index is 13.4. The van der Waals surface area contributed by atoms with Gasteiger partial charge in [0.2, 0.25) is 0 Å². The maximum atomic E-state index is 13.4. The molecule has 6 nitrogen and oxygen atoms in total. The van der Waals surface area contributed by atoms with Crippen molar-refractivity contribution in [1.82, 2.24) is 20.4 Å². The highest BCUT2D eigenvalue weighted by atomic mass is 19.1. The molecule has 24 heavy (non-hydrogen) atoms. The summed E-state index contributed by atoms with van der Waals surface area (Å²) in [4.78, 5) is 12.3. The number of fused-ring (bicyclic) bond motifs is 1. The molecule has 3 rings (SSSR count). The minimum Gasteiger partial charge on any atom is -0.493 e. The summed E-state index contributed by atoms with van der Waals surface area (Å²) in [5.41, 5.74) is 1.73. The Balaban J connectivity index is 1.68. The van der Waals surface area contributed by atoms with E-state index in [1.54, 1.807) is 16.9 Å². The molecule has 2 amide bonds. The van der Waals surface area contributed by atoms with E-state index in [1.165, 1.54) is 12.1 Å². The van der Waals surface area contributed by atoms with E-state index in [4.69, 9.17) is 4.74 Å². The molecule has 0 unspecified atom stereocenters. The molecule has 0 saturated heterocycles. The van der Waals surface area contributed by atoms with Gasteiger partial charge in [-0.1, -0.05) is 6.07 Å². The second-order valence-corrected chi connectivity index (χ2v) is 6.01. The minimum atomic E-state index is -0.343. The maximum Gasteiger partial charge on any atom is 0.315 e. The number of aromatic nitrogens is 2. The fourth-order valence-electron chi connectivity index (χ4n) is 2.84. The third-order valence-corrected chi connectivity index (χ3v) is 4.12. The normalized spacial score (nSPS) is 18.0. The average molecular weight is 332 g/mol. The first-order chi connectivity index (χ1) is 11.5. The van der Waals surface area contributed by atoms with Crippen LogP contribution in [0, 0.1) is 5.82 Å². The Labute approximate surface area is 140 Å². The van der Waals surface area contributed by atoms with Crippen molar-refractivity contribution in [2.24, 2.45) is 7.05 Å². The first-order valence-corrected chi connectivity index (χ1v) is 8.01. The lowest BCUT2D eigenvalue weighted by Crippen LogP contribution is -2.39. The molecule has 1 aromatic heterocycles. The summed E-state index contributed by atoms with van der Waals surface area (Å²) in [5.74, 6) is 0.155. The van der Waals surface area contributed by atoms with Crippen LogP contribution >= 0.6 is 0 Å². The number of amides is 2. The predicted molar refractivity (Wildman–Crippen MR) is 87.2 cm³/mol. The number of hydrogen-bond donors (Lipinski definition) is 2. The van der Waals surface area contributed by atoms with Crippen LogP contribution in [0.15, 0.2) is 30.6 Å². The van der Waals surface area contributed by atoms with Crippen molar-refractivity contribution in [3.8, 4) is 5.75 Å². The predicted octanol–water partition coefficient (Wildman–Crippen LogP) is 2.83. The van der Waals surface area contributed by atoms with Crippen molar-refractivity contribution in [3.63, 3.8) is 0 Å². The summed E-state index contributed by atoms with van der Waals surface area (Å²) >= 11 is 0. The van der Waals surface area contributed by atoms with Crippen molar-refractivity contribution in [3.05, 3.63) is 47.5 Å². The van der Waals surface area contributed by atoms with Crippen LogP contribution in [-0.2, 0) is 7.05 Å². The quantitative estimate of drug-likeness (QED) is 0.908. The number of rotatable bonds is 3. The number of nitrogens with zero attached hydrogens (tertiary/aromatic N) is 2. The monoisotopic (exact) mass is 332 g/mol. The molecule has 2 aromatic rings. The largest absolute Gasteiger partial charge is 0.493 e. The van der Waals surface area contributed by atoms with E-state index in [2.05, 4.69) is 15.7 Å². The molecule has 2 atom stereocenters. The zero-order valence-corrected chi connectivity index (χ0v) is 13.8. The number of aryl methyl sites for hydroxylation is 1. The van der Waals surface area contributed by atoms with Gasteiger partial charge in [0.05, 0.1) is 24.9 Å². The standard InChI is InChI=1S/C17H21FN4O2/c1-11(12-9-19-22(2)10-12)20-17(23)21-15-4-3-7-24-16-8-13(18)5-6-14(15)16/h5-6,8-11,15H,3-4,7H2,1-2H3,(H2,20,21,23)/t11-,15-/m0/s1. The number of hydrogen-bond acceptors (Lipinski definition) is 3. The number of benzene rings is 1. The van der Waals surface area contributed by atoms with Crippen LogP contribution in [0.3, 0.4) is 0 Å². The second kappa shape index (κ2) is 6.90. The Kier molecular flexibility index (Phi) is 4.69. The van der Waals surface area contributed by atoms with E-state index in [0.717, 1.165) is 24.0 Å². The third kappa shape index (κ3) is 3.67. The van der Waals surface area contributed by atoms with E-state index < -0.39 is 0 Å². The van der Waals surface area contributed by atoms with Crippen molar-refractivity contribution in [1.29, 1.82) is 0 Å². The van der Waals surface area contributed by atoms with Crippen LogP contribution in [0.4, 0.5) is 9.18 Å². The van der Waals surface area contributed by atoms with E-state index in [0.29, 0.717) is 12.4 Å². The number of nitrogens with one attached hydrogen (secondary N) is 2. The van der Waals surface area contributed by atoms with Crippen LogP contribution in [-0.4, -0.2) is 22.4 Å². The zero-order valence-electron chi connectivity index (χ0n) is 13.8. The molecule has 128 valence electrons. The molecule has 0 aliphatic carbocycles. The van der Waals surface area contributed by atoms with Gasteiger partial charge < -0.3 is 15.4 Å². The molecule has 1 aliphatic rings. The van der Waals surface area contributed by atoms with Gasteiger partial charge in [0.15, 0.2) is 0 Å². The molecule has 1 aromatic carbocycles. The van der Waals surface area contributed by atoms with Crippen LogP contribution in [0.2, 0.25) is 0 Å². The summed E-state index contributed by atoms with van der Waals surface area (Å²) in [6.45, 7) is 2.42. The number of carbonyl (C=O) groups excluding carboxylic acids is 1. The summed E-state index contributed by atoms with van der Waals surface area (Å²) in [5, 5.41) is 9.97. The third-order valence-electron chi connectivity index (χ3n) is 4.12. The lowest BCUT2D eigenvalue weighted by Gasteiger charge is -2.20. The Morgan fingerprint density at radius 2 is 2.33 bits per heavy atom. The molecule has 2 N–H and O–H groups in total. The van der Waals surface area contributed by atoms with Gasteiger partial charge in [0.25, 0.3) is 0 Å². The molecule has 2 heterocycles. The van der Waals surface area contributed by atoms with Crippen LogP contribution in [0.5, 0.6) is 5.75 Å². The molecule has 0 saturated carbocycles. The minimum absolute atomic E-state index is 0.159. The average Bonchev–Trinajstić information content (AvgIpc) is 2.88. The summed E-state index contributed by atoms with van der Waals surface area (Å²) in [6, 6.07) is 3.79. The molecule has 0 bridgehead atoms. The number of carbonyl (C=O) groups is 1. The van der Waals surface area contributed by atoms with E-state index >= 15 is 0 Å². The van der Waals surface area contributed by atoms with Crippen LogP contribution in [0.1, 0.15) is 43.0 Å². The Morgan fingerprint density at radius 3 is 3.08 bits per heavy atom. The van der Waals surface area contributed by atoms with Gasteiger partial charge in [-0.05, 0) is 25.8 Å². The van der Waals surface area contributed by atoms with Gasteiger partial charge in [-0.3, -0.25) is 4.68 Å². The molecule has 0 radical (unpaired) electrons. The van der Waals surface area contributed by atoms with Crippen LogP contribution < -0.4 is 15.4 Å². The zero-order chi connectivity index (χ0) is 17.1. The van der Waals surface area contributed by atoms with E-state index in [-0.39, 0.29) is 23.9 Å². The lowest BCUT2D eigenvalue weighted by atomic mass is 10.0. The Hall–Kier alpha value is -2.57. The van der Waals surface area contributed by atoms with Gasteiger partial charge in [0, 0.05) is 30.4 Å². The lowest BCUT2D eigenvalue weighted by molar-refractivity contribution is 0.233. The fourth-order valence-corrected chi connectivity index (χ4v) is 2.84. The van der Waals surface area contributed by atoms with Gasteiger partial charge in [-0.25, -0.2) is 9.18 Å². The molecular weight excluding hydrogens is 311 g/mol. The second-order valence-electron chi connectivity index (χ2n) is 6.01. The molecule has 0 spiro atoms. The fraction of sp³-hybridized carbons (Fsp3) is 0.412. The van der Waals surface area contributed by atoms with Gasteiger partial charge in [0.1, 0.15) is 11.6 Å². The molecule has 0 fully saturated rings. The molecule has 7 heteroatoms. The molecular formula is C17H21FN4O2. The van der Waals surface area contributed by atoms with E-state index in [9.17, 15) is 9.18 Å². The number of ether oxygens (including phenoxy) is 1. The highest BCUT2D eigenvalue weighted by molar-refractivity contribution is 5.75. The molecule has 1 aliphatic heterocycles. The highest BCUT2D eigenvalue weighted by Gasteiger charge is 2.22. The van der Waals surface area contributed by atoms with E-state index in [1.807, 2.05) is 20.2 Å². The smallest absolute Gasteiger partial charge is 0.315 e. The first-order valence-electron chi connectivity index (χ1n) is 8.01. The van der Waals surface area contributed by atoms with Gasteiger partial charge in [-0.15, -0.1) is 0 Å². The summed E-state index contributed by atoms with van der Waals surface area (Å²) < 4.78 is 20.7. The van der Waals surface area contributed by atoms with Crippen LogP contribution in [0.25, 0.3) is 0 Å². The number of urea groups is 1. The number of halogens is 1. The van der Waals surface area contributed by atoms with Gasteiger partial charge >= 0.3 is 6.03 Å². The van der Waals surface area contributed by atoms with Crippen molar-refractivity contribution >= 4 is 6.03 Å². The van der Waals surface area contributed by atoms with Crippen molar-refractivity contribution in [2.45, 2.75) is 31.8 Å². The SMILES string of the molecule is C[C@H](NC(=O)N[C@H]1CCCOc2cc(F)ccc21)c1cnn(C)c1. The topological polar surface area (TPSA) is 68.2 Å². The summed E-state index contributed by atoms with van der Waals surface area (Å²) in [7, 11) is 1.83. The Bertz CT molecular complexity index is 731. The first kappa shape index (κ1) is 16.3. The Morgan fingerprint density at radius 1 is 1.50 bits per heavy atom. The van der Waals surface area contributed by atoms with Crippen molar-refractivity contribution in [2.75, 3.05) is 6.61 Å². The van der Waals surface area contributed by atoms with Gasteiger partial charge in [-0.2, -0.15) is 5.10 Å². The summed E-state index contributed by atoms with van der Waals surface area (Å²) in [6.07, 6.45) is 5.12. The van der Waals surface area contributed by atoms with Crippen molar-refractivity contribution < 1.29 is 13.9 Å². The highest BCUT2D eigenvalue weighted by Crippen LogP contribution is 2.32.